The van der Waals surface area contributed by atoms with Gasteiger partial charge in [-0.25, -0.2) is 13.8 Å². The molecule has 0 aliphatic heterocycles. The highest BCUT2D eigenvalue weighted by Gasteiger charge is 2.22. The van der Waals surface area contributed by atoms with E-state index in [-0.39, 0.29) is 5.56 Å². The smallest absolute Gasteiger partial charge is 0.164 e. The molecule has 0 saturated carbocycles. The van der Waals surface area contributed by atoms with Gasteiger partial charge in [-0.1, -0.05) is 12.1 Å². The largest absolute Gasteiger partial charge is 0.336 e. The monoisotopic (exact) mass is 251 g/mol. The van der Waals surface area contributed by atoms with Gasteiger partial charge in [-0.2, -0.15) is 0 Å². The molecule has 1 N–H and O–H groups in total. The van der Waals surface area contributed by atoms with Gasteiger partial charge in [0.15, 0.2) is 11.6 Å². The van der Waals surface area contributed by atoms with Gasteiger partial charge in [0.25, 0.3) is 0 Å². The lowest BCUT2D eigenvalue weighted by Crippen LogP contribution is -2.22. The lowest BCUT2D eigenvalue weighted by atomic mass is 10.0. The number of aryl methyl sites for hydroxylation is 2. The first-order chi connectivity index (χ1) is 8.56. The van der Waals surface area contributed by atoms with E-state index in [4.69, 9.17) is 0 Å². The molecule has 1 unspecified atom stereocenters. The number of halogens is 2. The number of hydrogen-bond donors (Lipinski definition) is 1. The minimum absolute atomic E-state index is 0.259. The van der Waals surface area contributed by atoms with Crippen LogP contribution in [0.4, 0.5) is 8.78 Å². The zero-order valence-corrected chi connectivity index (χ0v) is 10.5. The maximum Gasteiger partial charge on any atom is 0.164 e. The van der Waals surface area contributed by atoms with Crippen LogP contribution < -0.4 is 5.32 Å². The fourth-order valence-corrected chi connectivity index (χ4v) is 1.96. The van der Waals surface area contributed by atoms with Crippen LogP contribution in [0.5, 0.6) is 0 Å². The summed E-state index contributed by atoms with van der Waals surface area (Å²) < 4.78 is 29.3. The molecule has 0 aliphatic rings. The number of rotatable bonds is 3. The van der Waals surface area contributed by atoms with Crippen molar-refractivity contribution in [3.63, 3.8) is 0 Å². The van der Waals surface area contributed by atoms with Crippen LogP contribution in [0.3, 0.4) is 0 Å². The van der Waals surface area contributed by atoms with E-state index >= 15 is 0 Å². The molecule has 1 aromatic carbocycles. The molecule has 96 valence electrons. The van der Waals surface area contributed by atoms with E-state index < -0.39 is 17.7 Å². The van der Waals surface area contributed by atoms with Gasteiger partial charge in [0.2, 0.25) is 0 Å². The molecule has 2 aromatic rings. The van der Waals surface area contributed by atoms with Crippen molar-refractivity contribution in [2.24, 2.45) is 7.05 Å². The summed E-state index contributed by atoms with van der Waals surface area (Å²) in [7, 11) is 3.51. The van der Waals surface area contributed by atoms with Gasteiger partial charge < -0.3 is 9.88 Å². The van der Waals surface area contributed by atoms with Gasteiger partial charge in [-0.05, 0) is 19.5 Å². The van der Waals surface area contributed by atoms with Crippen molar-refractivity contribution in [3.8, 4) is 0 Å². The Bertz CT molecular complexity index is 563. The molecular weight excluding hydrogens is 236 g/mol. The van der Waals surface area contributed by atoms with Gasteiger partial charge in [-0.15, -0.1) is 0 Å². The van der Waals surface area contributed by atoms with Crippen LogP contribution in [-0.4, -0.2) is 16.6 Å². The second-order valence-corrected chi connectivity index (χ2v) is 4.22. The normalized spacial score (nSPS) is 12.7. The van der Waals surface area contributed by atoms with Crippen molar-refractivity contribution in [2.45, 2.75) is 13.0 Å². The third-order valence-electron chi connectivity index (χ3n) is 3.02. The lowest BCUT2D eigenvalue weighted by Gasteiger charge is -2.17. The third-order valence-corrected chi connectivity index (χ3v) is 3.02. The van der Waals surface area contributed by atoms with Crippen molar-refractivity contribution in [1.29, 1.82) is 0 Å². The number of nitrogens with zero attached hydrogens (tertiary/aromatic N) is 2. The Morgan fingerprint density at radius 2 is 2.00 bits per heavy atom. The average molecular weight is 251 g/mol. The maximum absolute atomic E-state index is 14.0. The summed E-state index contributed by atoms with van der Waals surface area (Å²) in [5, 5.41) is 2.96. The first-order valence-corrected chi connectivity index (χ1v) is 5.65. The summed E-state index contributed by atoms with van der Waals surface area (Å²) in [4.78, 5) is 4.17. The van der Waals surface area contributed by atoms with Crippen LogP contribution in [0.25, 0.3) is 0 Å². The highest BCUT2D eigenvalue weighted by molar-refractivity contribution is 5.31. The summed E-state index contributed by atoms with van der Waals surface area (Å²) >= 11 is 0. The number of hydrogen-bond acceptors (Lipinski definition) is 2. The predicted molar refractivity (Wildman–Crippen MR) is 65.2 cm³/mol. The second-order valence-electron chi connectivity index (χ2n) is 4.22. The zero-order chi connectivity index (χ0) is 13.3. The Labute approximate surface area is 104 Å². The number of benzene rings is 1. The first-order valence-electron chi connectivity index (χ1n) is 5.65. The van der Waals surface area contributed by atoms with Crippen molar-refractivity contribution >= 4 is 0 Å². The molecule has 1 heterocycles. The molecule has 0 amide bonds. The molecule has 0 spiro atoms. The average Bonchev–Trinajstić information content (AvgIpc) is 2.77. The highest BCUT2D eigenvalue weighted by Crippen LogP contribution is 2.25. The van der Waals surface area contributed by atoms with Crippen LogP contribution >= 0.6 is 0 Å². The molecule has 1 aromatic heterocycles. The van der Waals surface area contributed by atoms with Crippen LogP contribution in [0.15, 0.2) is 24.5 Å². The van der Waals surface area contributed by atoms with Crippen LogP contribution in [0.1, 0.15) is 23.0 Å². The van der Waals surface area contributed by atoms with Gasteiger partial charge in [0.05, 0.1) is 6.04 Å². The summed E-state index contributed by atoms with van der Waals surface area (Å²) in [6.45, 7) is 1.54. The number of aromatic nitrogens is 2. The second kappa shape index (κ2) is 4.86. The van der Waals surface area contributed by atoms with Crippen LogP contribution in [-0.2, 0) is 7.05 Å². The molecule has 3 nitrogen and oxygen atoms in total. The minimum Gasteiger partial charge on any atom is -0.336 e. The van der Waals surface area contributed by atoms with E-state index in [1.807, 2.05) is 7.05 Å². The molecule has 0 bridgehead atoms. The maximum atomic E-state index is 14.0. The van der Waals surface area contributed by atoms with Gasteiger partial charge in [0.1, 0.15) is 5.82 Å². The van der Waals surface area contributed by atoms with E-state index in [1.165, 1.54) is 6.92 Å². The topological polar surface area (TPSA) is 29.9 Å². The van der Waals surface area contributed by atoms with E-state index in [0.717, 1.165) is 0 Å². The molecule has 0 radical (unpaired) electrons. The quantitative estimate of drug-likeness (QED) is 0.907. The zero-order valence-electron chi connectivity index (χ0n) is 10.5. The summed E-state index contributed by atoms with van der Waals surface area (Å²) in [5.74, 6) is -0.987. The highest BCUT2D eigenvalue weighted by atomic mass is 19.2. The molecular formula is C13H15F2N3. The summed E-state index contributed by atoms with van der Waals surface area (Å²) in [6.07, 6.45) is 3.39. The van der Waals surface area contributed by atoms with E-state index in [1.54, 1.807) is 36.1 Å². The van der Waals surface area contributed by atoms with Gasteiger partial charge in [0, 0.05) is 25.0 Å². The van der Waals surface area contributed by atoms with Crippen molar-refractivity contribution < 1.29 is 8.78 Å². The first kappa shape index (κ1) is 12.7. The molecule has 18 heavy (non-hydrogen) atoms. The van der Waals surface area contributed by atoms with E-state index in [9.17, 15) is 8.78 Å². The van der Waals surface area contributed by atoms with E-state index in [0.29, 0.717) is 11.4 Å². The molecule has 2 rings (SSSR count). The molecule has 1 atom stereocenters. The van der Waals surface area contributed by atoms with Crippen molar-refractivity contribution in [2.75, 3.05) is 7.05 Å². The van der Waals surface area contributed by atoms with Crippen molar-refractivity contribution in [3.05, 3.63) is 53.1 Å². The minimum atomic E-state index is -0.822. The molecule has 5 heteroatoms. The Hall–Kier alpha value is -1.75. The molecule has 0 fully saturated rings. The Morgan fingerprint density at radius 1 is 1.28 bits per heavy atom. The Balaban J connectivity index is 2.53. The molecule has 0 saturated heterocycles. The van der Waals surface area contributed by atoms with Crippen LogP contribution in [0.2, 0.25) is 0 Å². The van der Waals surface area contributed by atoms with Crippen molar-refractivity contribution in [1.82, 2.24) is 14.9 Å². The van der Waals surface area contributed by atoms with Crippen LogP contribution in [0, 0.1) is 18.6 Å². The fraction of sp³-hybridized carbons (Fsp3) is 0.308. The Kier molecular flexibility index (Phi) is 3.43. The van der Waals surface area contributed by atoms with Gasteiger partial charge in [-0.3, -0.25) is 0 Å². The van der Waals surface area contributed by atoms with Gasteiger partial charge >= 0.3 is 0 Å². The summed E-state index contributed by atoms with van der Waals surface area (Å²) in [6, 6.07) is 2.69. The standard InChI is InChI=1S/C13H15F2N3/c1-8-4-5-9(11(15)10(8)14)12(16-2)13-17-6-7-18(13)3/h4-7,12,16H,1-3H3. The SMILES string of the molecule is CNC(c1ccc(C)c(F)c1F)c1nccn1C. The number of nitrogens with one attached hydrogen (secondary N) is 1. The summed E-state index contributed by atoms with van der Waals surface area (Å²) in [5.41, 5.74) is 0.556. The third kappa shape index (κ3) is 2.01. The Morgan fingerprint density at radius 3 is 2.56 bits per heavy atom. The molecule has 0 aliphatic carbocycles. The fourth-order valence-electron chi connectivity index (χ4n) is 1.96. The number of imidazole rings is 1. The lowest BCUT2D eigenvalue weighted by molar-refractivity contribution is 0.477. The predicted octanol–water partition coefficient (Wildman–Crippen LogP) is 2.32. The van der Waals surface area contributed by atoms with E-state index in [2.05, 4.69) is 10.3 Å².